The van der Waals surface area contributed by atoms with E-state index in [0.717, 1.165) is 58.3 Å². The van der Waals surface area contributed by atoms with Gasteiger partial charge in [0.1, 0.15) is 11.6 Å². The summed E-state index contributed by atoms with van der Waals surface area (Å²) >= 11 is 0. The van der Waals surface area contributed by atoms with Gasteiger partial charge in [-0.25, -0.2) is 19.6 Å². The molecule has 0 spiro atoms. The molecule has 9 nitrogen and oxygen atoms in total. The van der Waals surface area contributed by atoms with Crippen molar-refractivity contribution in [2.24, 2.45) is 7.05 Å². The molecule has 32 heavy (non-hydrogen) atoms. The van der Waals surface area contributed by atoms with E-state index in [4.69, 9.17) is 9.72 Å². The molecule has 3 aromatic rings. The molecule has 1 amide bonds. The fourth-order valence-corrected chi connectivity index (χ4v) is 4.54. The third-order valence-electron chi connectivity index (χ3n) is 6.21. The zero-order chi connectivity index (χ0) is 23.0. The van der Waals surface area contributed by atoms with Crippen molar-refractivity contribution < 1.29 is 9.53 Å². The van der Waals surface area contributed by atoms with Crippen molar-refractivity contribution in [2.45, 2.75) is 40.5 Å². The van der Waals surface area contributed by atoms with Crippen molar-refractivity contribution >= 4 is 22.8 Å². The normalized spacial score (nSPS) is 14.3. The van der Waals surface area contributed by atoms with Crippen LogP contribution in [0.5, 0.6) is 5.88 Å². The fraction of sp³-hybridized carbons (Fsp3) is 0.522. The summed E-state index contributed by atoms with van der Waals surface area (Å²) in [6.07, 6.45) is 1.12. The van der Waals surface area contributed by atoms with Gasteiger partial charge in [-0.2, -0.15) is 0 Å². The van der Waals surface area contributed by atoms with Crippen LogP contribution in [0.2, 0.25) is 0 Å². The van der Waals surface area contributed by atoms with Crippen LogP contribution in [0, 0.1) is 27.7 Å². The molecule has 4 heterocycles. The number of carbonyl (C=O) groups excluding carboxylic acids is 1. The first-order valence-corrected chi connectivity index (χ1v) is 11.0. The van der Waals surface area contributed by atoms with Crippen molar-refractivity contribution in [3.8, 4) is 5.88 Å². The summed E-state index contributed by atoms with van der Waals surface area (Å²) in [5.74, 6) is 2.47. The predicted molar refractivity (Wildman–Crippen MR) is 123 cm³/mol. The first-order chi connectivity index (χ1) is 15.3. The number of rotatable bonds is 5. The molecule has 1 fully saturated rings. The monoisotopic (exact) mass is 437 g/mol. The smallest absolute Gasteiger partial charge is 0.242 e. The molecule has 0 unspecified atom stereocenters. The first-order valence-electron chi connectivity index (χ1n) is 11.0. The van der Waals surface area contributed by atoms with E-state index in [1.165, 1.54) is 0 Å². The summed E-state index contributed by atoms with van der Waals surface area (Å²) in [5, 5.41) is 5.33. The largest absolute Gasteiger partial charge is 0.479 e. The molecule has 0 aliphatic carbocycles. The van der Waals surface area contributed by atoms with E-state index < -0.39 is 0 Å². The minimum atomic E-state index is 0.178. The average Bonchev–Trinajstić information content (AvgIpc) is 3.08. The van der Waals surface area contributed by atoms with Gasteiger partial charge in [0, 0.05) is 57.1 Å². The summed E-state index contributed by atoms with van der Waals surface area (Å²) in [4.78, 5) is 30.8. The Morgan fingerprint density at radius 3 is 2.44 bits per heavy atom. The molecule has 0 saturated carbocycles. The van der Waals surface area contributed by atoms with Gasteiger partial charge in [0.2, 0.25) is 11.8 Å². The zero-order valence-electron chi connectivity index (χ0n) is 19.8. The van der Waals surface area contributed by atoms with Crippen LogP contribution in [-0.2, 0) is 18.3 Å². The molecule has 0 N–H and O–H groups in total. The van der Waals surface area contributed by atoms with E-state index in [1.807, 2.05) is 38.8 Å². The van der Waals surface area contributed by atoms with Gasteiger partial charge < -0.3 is 14.5 Å². The molecule has 1 aliphatic heterocycles. The van der Waals surface area contributed by atoms with Crippen LogP contribution in [0.1, 0.15) is 34.8 Å². The van der Waals surface area contributed by atoms with Gasteiger partial charge in [0.15, 0.2) is 5.65 Å². The second-order valence-corrected chi connectivity index (χ2v) is 8.41. The number of hydrogen-bond donors (Lipinski definition) is 0. The van der Waals surface area contributed by atoms with Crippen LogP contribution in [0.3, 0.4) is 0 Å². The number of pyridine rings is 1. The lowest BCUT2D eigenvalue weighted by Gasteiger charge is -2.35. The number of ether oxygens (including phenoxy) is 1. The quantitative estimate of drug-likeness (QED) is 0.605. The highest BCUT2D eigenvalue weighted by molar-refractivity contribution is 5.86. The number of fused-ring (bicyclic) bond motifs is 1. The van der Waals surface area contributed by atoms with Gasteiger partial charge in [-0.1, -0.05) is 0 Å². The third-order valence-corrected chi connectivity index (χ3v) is 6.21. The van der Waals surface area contributed by atoms with Crippen LogP contribution in [0.4, 0.5) is 5.82 Å². The maximum Gasteiger partial charge on any atom is 0.242 e. The summed E-state index contributed by atoms with van der Waals surface area (Å²) in [6, 6.07) is 2.01. The molecule has 170 valence electrons. The predicted octanol–water partition coefficient (Wildman–Crippen LogP) is 2.28. The number of anilines is 1. The van der Waals surface area contributed by atoms with Gasteiger partial charge in [-0.05, 0) is 45.2 Å². The van der Waals surface area contributed by atoms with Crippen molar-refractivity contribution in [1.82, 2.24) is 29.6 Å². The molecule has 1 saturated heterocycles. The van der Waals surface area contributed by atoms with Crippen LogP contribution >= 0.6 is 0 Å². The van der Waals surface area contributed by atoms with Crippen LogP contribution in [0.25, 0.3) is 11.0 Å². The van der Waals surface area contributed by atoms with Gasteiger partial charge >= 0.3 is 0 Å². The van der Waals surface area contributed by atoms with Gasteiger partial charge in [-0.15, -0.1) is 5.10 Å². The van der Waals surface area contributed by atoms with Crippen molar-refractivity contribution in [3.63, 3.8) is 0 Å². The molecular weight excluding hydrogens is 406 g/mol. The Hall–Kier alpha value is -3.23. The molecular formula is C23H31N7O2. The number of hydrogen-bond acceptors (Lipinski definition) is 7. The Bertz CT molecular complexity index is 1140. The molecule has 3 aromatic heterocycles. The van der Waals surface area contributed by atoms with E-state index in [0.29, 0.717) is 31.8 Å². The lowest BCUT2D eigenvalue weighted by Crippen LogP contribution is -2.49. The Morgan fingerprint density at radius 1 is 1.06 bits per heavy atom. The van der Waals surface area contributed by atoms with Crippen molar-refractivity contribution in [2.75, 3.05) is 38.2 Å². The zero-order valence-corrected chi connectivity index (χ0v) is 19.8. The number of nitrogens with zero attached hydrogens (tertiary/aromatic N) is 7. The van der Waals surface area contributed by atoms with E-state index in [-0.39, 0.29) is 5.91 Å². The van der Waals surface area contributed by atoms with Crippen LogP contribution in [0.15, 0.2) is 6.07 Å². The first kappa shape index (κ1) is 22.0. The molecule has 0 aromatic carbocycles. The Balaban J connectivity index is 1.42. The molecule has 0 atom stereocenters. The van der Waals surface area contributed by atoms with Crippen LogP contribution < -0.4 is 9.64 Å². The Labute approximate surface area is 188 Å². The average molecular weight is 438 g/mol. The minimum absolute atomic E-state index is 0.178. The maximum atomic E-state index is 13.0. The highest BCUT2D eigenvalue weighted by Crippen LogP contribution is 2.30. The molecule has 4 rings (SSSR count). The second-order valence-electron chi connectivity index (χ2n) is 8.41. The lowest BCUT2D eigenvalue weighted by molar-refractivity contribution is -0.131. The number of carbonyl (C=O) groups is 1. The van der Waals surface area contributed by atoms with Gasteiger partial charge in [-0.3, -0.25) is 4.79 Å². The SMILES string of the molecule is COc1nn(C)c2nc(C)c(CCC(=O)N3CCN(c4cc(C)nc(C)n4)CC3)c(C)c12. The summed E-state index contributed by atoms with van der Waals surface area (Å²) in [5.41, 5.74) is 4.89. The van der Waals surface area contributed by atoms with Crippen LogP contribution in [-0.4, -0.2) is 68.8 Å². The molecule has 0 bridgehead atoms. The number of aromatic nitrogens is 5. The topological polar surface area (TPSA) is 89.3 Å². The third kappa shape index (κ3) is 4.11. The van der Waals surface area contributed by atoms with Crippen molar-refractivity contribution in [1.29, 1.82) is 0 Å². The van der Waals surface area contributed by atoms with E-state index in [1.54, 1.807) is 11.8 Å². The number of methoxy groups -OCH3 is 1. The molecule has 0 radical (unpaired) electrons. The molecule has 1 aliphatic rings. The fourth-order valence-electron chi connectivity index (χ4n) is 4.54. The Kier molecular flexibility index (Phi) is 5.99. The summed E-state index contributed by atoms with van der Waals surface area (Å²) in [6.45, 7) is 10.9. The highest BCUT2D eigenvalue weighted by atomic mass is 16.5. The summed E-state index contributed by atoms with van der Waals surface area (Å²) in [7, 11) is 3.48. The molecule has 9 heteroatoms. The number of amides is 1. The standard InChI is InChI=1S/C23H31N7O2/c1-14-13-19(26-17(4)24-14)29-9-11-30(12-10-29)20(31)8-7-18-15(2)21-22(25-16(18)3)28(5)27-23(21)32-6/h13H,7-12H2,1-6H3. The van der Waals surface area contributed by atoms with E-state index >= 15 is 0 Å². The second kappa shape index (κ2) is 8.72. The minimum Gasteiger partial charge on any atom is -0.479 e. The Morgan fingerprint density at radius 2 is 1.78 bits per heavy atom. The number of aryl methyl sites for hydroxylation is 5. The highest BCUT2D eigenvalue weighted by Gasteiger charge is 2.23. The summed E-state index contributed by atoms with van der Waals surface area (Å²) < 4.78 is 7.18. The van der Waals surface area contributed by atoms with Crippen molar-refractivity contribution in [3.05, 3.63) is 34.4 Å². The maximum absolute atomic E-state index is 13.0. The van der Waals surface area contributed by atoms with Gasteiger partial charge in [0.25, 0.3) is 0 Å². The van der Waals surface area contributed by atoms with Gasteiger partial charge in [0.05, 0.1) is 12.5 Å². The lowest BCUT2D eigenvalue weighted by atomic mass is 10.00. The van der Waals surface area contributed by atoms with E-state index in [9.17, 15) is 4.79 Å². The number of piperazine rings is 1. The van der Waals surface area contributed by atoms with E-state index in [2.05, 4.69) is 26.9 Å².